The van der Waals surface area contributed by atoms with Crippen molar-refractivity contribution in [3.8, 4) is 0 Å². The minimum Gasteiger partial charge on any atom is -0.339 e. The van der Waals surface area contributed by atoms with E-state index in [1.807, 2.05) is 0 Å². The van der Waals surface area contributed by atoms with E-state index in [1.54, 1.807) is 17.9 Å². The van der Waals surface area contributed by atoms with E-state index in [2.05, 4.69) is 5.32 Å². The van der Waals surface area contributed by atoms with E-state index in [9.17, 15) is 18.0 Å². The minimum atomic E-state index is -3.85. The molecule has 26 heavy (non-hydrogen) atoms. The lowest BCUT2D eigenvalue weighted by Gasteiger charge is -2.38. The molecule has 0 atom stereocenters. The lowest BCUT2D eigenvalue weighted by Crippen LogP contribution is -2.44. The van der Waals surface area contributed by atoms with Crippen molar-refractivity contribution >= 4 is 21.8 Å². The van der Waals surface area contributed by atoms with Gasteiger partial charge in [0.1, 0.15) is 4.90 Å². The second-order valence-electron chi connectivity index (χ2n) is 7.40. The summed E-state index contributed by atoms with van der Waals surface area (Å²) in [5.74, 6) is -0.679. The lowest BCUT2D eigenvalue weighted by atomic mass is 9.78. The van der Waals surface area contributed by atoms with Crippen LogP contribution >= 0.6 is 0 Å². The van der Waals surface area contributed by atoms with Gasteiger partial charge in [0, 0.05) is 31.7 Å². The fourth-order valence-electron chi connectivity index (χ4n) is 4.31. The van der Waals surface area contributed by atoms with Gasteiger partial charge in [-0.3, -0.25) is 9.59 Å². The molecule has 1 spiro atoms. The van der Waals surface area contributed by atoms with E-state index in [1.165, 1.54) is 12.1 Å². The summed E-state index contributed by atoms with van der Waals surface area (Å²) < 4.78 is 25.9. The Morgan fingerprint density at radius 3 is 2.58 bits per heavy atom. The number of amides is 2. The van der Waals surface area contributed by atoms with Crippen LogP contribution in [0.2, 0.25) is 0 Å². The Morgan fingerprint density at radius 2 is 1.96 bits per heavy atom. The third kappa shape index (κ3) is 2.54. The zero-order valence-electron chi connectivity index (χ0n) is 14.8. The van der Waals surface area contributed by atoms with E-state index in [-0.39, 0.29) is 22.9 Å². The maximum absolute atomic E-state index is 12.9. The Kier molecular flexibility index (Phi) is 4.07. The first-order chi connectivity index (χ1) is 12.4. The molecule has 3 aliphatic heterocycles. The summed E-state index contributed by atoms with van der Waals surface area (Å²) in [4.78, 5) is 26.8. The average Bonchev–Trinajstić information content (AvgIpc) is 3.16. The number of fused-ring (bicyclic) bond motifs is 1. The van der Waals surface area contributed by atoms with Crippen LogP contribution in [-0.2, 0) is 10.0 Å². The summed E-state index contributed by atoms with van der Waals surface area (Å²) in [6.45, 7) is 5.13. The normalized spacial score (nSPS) is 23.5. The molecule has 0 unspecified atom stereocenters. The fraction of sp³-hybridized carbons (Fsp3) is 0.556. The van der Waals surface area contributed by atoms with Gasteiger partial charge in [-0.05, 0) is 56.3 Å². The number of likely N-dealkylation sites (tertiary alicyclic amines) is 1. The highest BCUT2D eigenvalue weighted by molar-refractivity contribution is 7.90. The topological polar surface area (TPSA) is 86.8 Å². The van der Waals surface area contributed by atoms with Gasteiger partial charge in [-0.15, -0.1) is 0 Å². The first-order valence-electron chi connectivity index (χ1n) is 9.09. The van der Waals surface area contributed by atoms with Crippen molar-refractivity contribution in [2.75, 3.05) is 32.7 Å². The van der Waals surface area contributed by atoms with Gasteiger partial charge in [0.05, 0.1) is 5.56 Å². The molecule has 1 aromatic carbocycles. The molecule has 3 heterocycles. The molecule has 0 aromatic heterocycles. The summed E-state index contributed by atoms with van der Waals surface area (Å²) in [5, 5.41) is 3.40. The van der Waals surface area contributed by atoms with E-state index in [0.29, 0.717) is 24.1 Å². The summed E-state index contributed by atoms with van der Waals surface area (Å²) in [6, 6.07) is 4.39. The maximum Gasteiger partial charge on any atom is 0.268 e. The third-order valence-electron chi connectivity index (χ3n) is 5.98. The SMILES string of the molecule is CCN1C(=O)c2ccc(C(=O)N3CCC4(CCNC4)CC3)cc2S1(=O)=O. The summed E-state index contributed by atoms with van der Waals surface area (Å²) in [5.41, 5.74) is 0.795. The van der Waals surface area contributed by atoms with Gasteiger partial charge >= 0.3 is 0 Å². The number of carbonyl (C=O) groups is 2. The fourth-order valence-corrected chi connectivity index (χ4v) is 5.91. The van der Waals surface area contributed by atoms with Crippen molar-refractivity contribution in [2.45, 2.75) is 31.1 Å². The zero-order valence-corrected chi connectivity index (χ0v) is 15.6. The summed E-state index contributed by atoms with van der Waals surface area (Å²) in [6.07, 6.45) is 3.09. The molecule has 0 saturated carbocycles. The van der Waals surface area contributed by atoms with Gasteiger partial charge < -0.3 is 10.2 Å². The molecule has 1 aromatic rings. The van der Waals surface area contributed by atoms with Gasteiger partial charge in [0.25, 0.3) is 21.8 Å². The zero-order chi connectivity index (χ0) is 18.5. The second-order valence-corrected chi connectivity index (χ2v) is 9.24. The summed E-state index contributed by atoms with van der Waals surface area (Å²) >= 11 is 0. The molecule has 7 nitrogen and oxygen atoms in total. The Balaban J connectivity index is 1.57. The Labute approximate surface area is 153 Å². The number of nitrogens with one attached hydrogen (secondary N) is 1. The van der Waals surface area contributed by atoms with Crippen molar-refractivity contribution in [3.63, 3.8) is 0 Å². The van der Waals surface area contributed by atoms with Crippen molar-refractivity contribution in [1.29, 1.82) is 0 Å². The van der Waals surface area contributed by atoms with Gasteiger partial charge in [0.15, 0.2) is 0 Å². The monoisotopic (exact) mass is 377 g/mol. The smallest absolute Gasteiger partial charge is 0.268 e. The van der Waals surface area contributed by atoms with Crippen LogP contribution in [0.1, 0.15) is 46.9 Å². The standard InChI is InChI=1S/C18H23N3O4S/c1-2-21-17(23)14-4-3-13(11-15(14)26(21,24)25)16(22)20-9-6-18(7-10-20)5-8-19-12-18/h3-4,11,19H,2,5-10,12H2,1H3. The number of hydrogen-bond acceptors (Lipinski definition) is 5. The number of nitrogens with zero attached hydrogens (tertiary/aromatic N) is 2. The molecule has 3 aliphatic rings. The van der Waals surface area contributed by atoms with Crippen LogP contribution in [0.3, 0.4) is 0 Å². The Hall–Kier alpha value is -1.93. The number of rotatable bonds is 2. The van der Waals surface area contributed by atoms with E-state index < -0.39 is 15.9 Å². The van der Waals surface area contributed by atoms with Crippen LogP contribution in [-0.4, -0.2) is 62.2 Å². The molecule has 2 saturated heterocycles. The van der Waals surface area contributed by atoms with Crippen LogP contribution in [0, 0.1) is 5.41 Å². The molecular weight excluding hydrogens is 354 g/mol. The number of piperidine rings is 1. The van der Waals surface area contributed by atoms with Crippen molar-refractivity contribution in [2.24, 2.45) is 5.41 Å². The highest BCUT2D eigenvalue weighted by Gasteiger charge is 2.41. The first kappa shape index (κ1) is 17.5. The molecule has 0 aliphatic carbocycles. The van der Waals surface area contributed by atoms with Crippen LogP contribution in [0.25, 0.3) is 0 Å². The lowest BCUT2D eigenvalue weighted by molar-refractivity contribution is 0.0607. The highest BCUT2D eigenvalue weighted by Crippen LogP contribution is 2.37. The minimum absolute atomic E-state index is 0.0522. The molecule has 0 bridgehead atoms. The van der Waals surface area contributed by atoms with Gasteiger partial charge in [-0.1, -0.05) is 0 Å². The van der Waals surface area contributed by atoms with Crippen LogP contribution < -0.4 is 5.32 Å². The average molecular weight is 377 g/mol. The van der Waals surface area contributed by atoms with Crippen molar-refractivity contribution in [1.82, 2.24) is 14.5 Å². The maximum atomic E-state index is 12.9. The Morgan fingerprint density at radius 1 is 1.23 bits per heavy atom. The number of benzene rings is 1. The molecule has 2 fully saturated rings. The predicted molar refractivity (Wildman–Crippen MR) is 95.4 cm³/mol. The van der Waals surface area contributed by atoms with Gasteiger partial charge in [0.2, 0.25) is 0 Å². The molecule has 2 amide bonds. The van der Waals surface area contributed by atoms with Crippen molar-refractivity contribution in [3.05, 3.63) is 29.3 Å². The van der Waals surface area contributed by atoms with Gasteiger partial charge in [-0.2, -0.15) is 0 Å². The number of hydrogen-bond donors (Lipinski definition) is 1. The largest absolute Gasteiger partial charge is 0.339 e. The Bertz CT molecular complexity index is 864. The molecule has 0 radical (unpaired) electrons. The third-order valence-corrected chi connectivity index (χ3v) is 7.88. The van der Waals surface area contributed by atoms with Gasteiger partial charge in [-0.25, -0.2) is 12.7 Å². The van der Waals surface area contributed by atoms with E-state index in [0.717, 1.165) is 36.7 Å². The number of carbonyl (C=O) groups excluding carboxylic acids is 2. The molecular formula is C18H23N3O4S. The number of sulfonamides is 1. The molecule has 8 heteroatoms. The van der Waals surface area contributed by atoms with Crippen LogP contribution in [0.5, 0.6) is 0 Å². The summed E-state index contributed by atoms with van der Waals surface area (Å²) in [7, 11) is -3.85. The van der Waals surface area contributed by atoms with Crippen LogP contribution in [0.4, 0.5) is 0 Å². The molecule has 4 rings (SSSR count). The van der Waals surface area contributed by atoms with E-state index in [4.69, 9.17) is 0 Å². The quantitative estimate of drug-likeness (QED) is 0.833. The first-order valence-corrected chi connectivity index (χ1v) is 10.5. The highest BCUT2D eigenvalue weighted by atomic mass is 32.2. The molecule has 140 valence electrons. The van der Waals surface area contributed by atoms with Crippen molar-refractivity contribution < 1.29 is 18.0 Å². The second kappa shape index (κ2) is 6.06. The van der Waals surface area contributed by atoms with Crippen LogP contribution in [0.15, 0.2) is 23.1 Å². The molecule has 1 N–H and O–H groups in total. The van der Waals surface area contributed by atoms with E-state index >= 15 is 0 Å². The predicted octanol–water partition coefficient (Wildman–Crippen LogP) is 1.07.